The molecule has 2 bridgehead atoms. The van der Waals surface area contributed by atoms with Crippen LogP contribution in [0.5, 0.6) is 0 Å². The number of rotatable bonds is 7. The summed E-state index contributed by atoms with van der Waals surface area (Å²) in [6.45, 7) is 3.66. The fraction of sp³-hybridized carbons (Fsp3) is 0.524. The Kier molecular flexibility index (Phi) is 7.82. The molecule has 0 radical (unpaired) electrons. The number of amides is 1. The lowest BCUT2D eigenvalue weighted by Gasteiger charge is -2.44. The van der Waals surface area contributed by atoms with Crippen molar-refractivity contribution >= 4 is 34.9 Å². The van der Waals surface area contributed by atoms with Crippen molar-refractivity contribution in [3.8, 4) is 0 Å². The minimum Gasteiger partial charge on any atom is -0.483 e. The molecule has 1 amide bonds. The Hall–Kier alpha value is -3.14. The van der Waals surface area contributed by atoms with Crippen LogP contribution in [0.15, 0.2) is 18.2 Å². The van der Waals surface area contributed by atoms with Gasteiger partial charge in [0, 0.05) is 36.6 Å². The van der Waals surface area contributed by atoms with E-state index in [1.165, 1.54) is 7.11 Å². The summed E-state index contributed by atoms with van der Waals surface area (Å²) in [5.41, 5.74) is 2.19. The molecular weight excluding hydrogens is 402 g/mol. The second-order valence-corrected chi connectivity index (χ2v) is 7.76. The molecule has 4 N–H and O–H groups in total. The third-order valence-corrected chi connectivity index (χ3v) is 5.87. The maximum Gasteiger partial charge on any atom is 0.305 e. The second kappa shape index (κ2) is 10.8. The molecule has 4 heterocycles. The van der Waals surface area contributed by atoms with Gasteiger partial charge in [0.05, 0.1) is 12.6 Å². The third-order valence-electron chi connectivity index (χ3n) is 5.87. The molecule has 1 aromatic heterocycles. The number of carbonyl (C=O) groups is 3. The predicted octanol–water partition coefficient (Wildman–Crippen LogP) is 1.45. The van der Waals surface area contributed by atoms with Gasteiger partial charge in [-0.05, 0) is 56.5 Å². The lowest BCUT2D eigenvalue weighted by Crippen LogP contribution is -2.57. The molecule has 10 nitrogen and oxygen atoms in total. The standard InChI is InChI=1S/C20H27N5O3.CH2O2/c1-28-18(26)3-2-8-21-14-4-5-15-16(11-14)23-24-19(15)20(27)22-17-12-25-9-6-13(17)7-10-25;2-1-3/h4-5,11,13,17,21H,2-3,6-10,12H2,1H3,(H,22,27)(H,23,24);1H,(H,2,3)/t17-;/m1./s1. The molecule has 5 rings (SSSR count). The number of carboxylic acid groups (broad SMARTS) is 1. The van der Waals surface area contributed by atoms with E-state index in [4.69, 9.17) is 9.90 Å². The van der Waals surface area contributed by atoms with Gasteiger partial charge < -0.3 is 25.4 Å². The molecule has 0 saturated carbocycles. The number of fused-ring (bicyclic) bond motifs is 4. The number of benzene rings is 1. The maximum absolute atomic E-state index is 12.8. The summed E-state index contributed by atoms with van der Waals surface area (Å²) in [5.74, 6) is 0.271. The van der Waals surface area contributed by atoms with Gasteiger partial charge in [-0.3, -0.25) is 19.5 Å². The van der Waals surface area contributed by atoms with E-state index in [1.54, 1.807) is 0 Å². The van der Waals surface area contributed by atoms with Crippen LogP contribution in [0.25, 0.3) is 10.9 Å². The van der Waals surface area contributed by atoms with E-state index in [0.717, 1.165) is 49.1 Å². The van der Waals surface area contributed by atoms with Crippen molar-refractivity contribution in [2.24, 2.45) is 5.92 Å². The summed E-state index contributed by atoms with van der Waals surface area (Å²) < 4.78 is 4.64. The highest BCUT2D eigenvalue weighted by molar-refractivity contribution is 6.05. The quantitative estimate of drug-likeness (QED) is 0.294. The molecule has 3 aliphatic heterocycles. The predicted molar refractivity (Wildman–Crippen MR) is 115 cm³/mol. The number of hydrogen-bond donors (Lipinski definition) is 4. The van der Waals surface area contributed by atoms with Gasteiger partial charge in [-0.15, -0.1) is 0 Å². The van der Waals surface area contributed by atoms with Crippen molar-refractivity contribution in [2.75, 3.05) is 38.6 Å². The van der Waals surface area contributed by atoms with Crippen LogP contribution in [0, 0.1) is 5.92 Å². The number of ether oxygens (including phenoxy) is 1. The van der Waals surface area contributed by atoms with Crippen LogP contribution >= 0.6 is 0 Å². The lowest BCUT2D eigenvalue weighted by molar-refractivity contribution is -0.140. The van der Waals surface area contributed by atoms with Crippen LogP contribution in [0.3, 0.4) is 0 Å². The number of esters is 1. The lowest BCUT2D eigenvalue weighted by atomic mass is 9.84. The summed E-state index contributed by atoms with van der Waals surface area (Å²) in [4.78, 5) is 34.7. The van der Waals surface area contributed by atoms with Crippen molar-refractivity contribution in [2.45, 2.75) is 31.7 Å². The minimum absolute atomic E-state index is 0.108. The van der Waals surface area contributed by atoms with Crippen LogP contribution in [-0.2, 0) is 14.3 Å². The average molecular weight is 431 g/mol. The molecule has 3 saturated heterocycles. The molecule has 10 heteroatoms. The number of aromatic amines is 1. The number of H-pyrrole nitrogens is 1. The number of nitrogens with zero attached hydrogens (tertiary/aromatic N) is 2. The Morgan fingerprint density at radius 3 is 2.74 bits per heavy atom. The number of nitrogens with one attached hydrogen (secondary N) is 3. The molecule has 3 aliphatic rings. The van der Waals surface area contributed by atoms with Crippen LogP contribution in [0.2, 0.25) is 0 Å². The van der Waals surface area contributed by atoms with Crippen LogP contribution in [0.4, 0.5) is 5.69 Å². The second-order valence-electron chi connectivity index (χ2n) is 7.76. The molecule has 3 fully saturated rings. The van der Waals surface area contributed by atoms with Crippen molar-refractivity contribution in [3.05, 3.63) is 23.9 Å². The zero-order valence-electron chi connectivity index (χ0n) is 17.6. The van der Waals surface area contributed by atoms with Gasteiger partial charge in [0.25, 0.3) is 12.4 Å². The van der Waals surface area contributed by atoms with E-state index < -0.39 is 0 Å². The van der Waals surface area contributed by atoms with Crippen molar-refractivity contribution < 1.29 is 24.2 Å². The van der Waals surface area contributed by atoms with Gasteiger partial charge in [-0.25, -0.2) is 0 Å². The number of piperidine rings is 3. The Labute approximate surface area is 180 Å². The van der Waals surface area contributed by atoms with Gasteiger partial charge in [-0.1, -0.05) is 0 Å². The van der Waals surface area contributed by atoms with Gasteiger partial charge in [0.1, 0.15) is 0 Å². The largest absolute Gasteiger partial charge is 0.483 e. The molecule has 31 heavy (non-hydrogen) atoms. The van der Waals surface area contributed by atoms with Crippen LogP contribution < -0.4 is 10.6 Å². The fourth-order valence-corrected chi connectivity index (χ4v) is 4.24. The third kappa shape index (κ3) is 5.72. The van der Waals surface area contributed by atoms with E-state index in [2.05, 4.69) is 30.5 Å². The number of anilines is 1. The van der Waals surface area contributed by atoms with E-state index in [-0.39, 0.29) is 24.4 Å². The molecule has 1 atom stereocenters. The van der Waals surface area contributed by atoms with E-state index in [9.17, 15) is 9.59 Å². The number of carbonyl (C=O) groups excluding carboxylic acids is 2. The average Bonchev–Trinajstić information content (AvgIpc) is 3.21. The smallest absolute Gasteiger partial charge is 0.305 e. The maximum atomic E-state index is 12.8. The number of aromatic nitrogens is 2. The highest BCUT2D eigenvalue weighted by Gasteiger charge is 2.35. The summed E-state index contributed by atoms with van der Waals surface area (Å²) in [6.07, 6.45) is 3.41. The first kappa shape index (κ1) is 22.5. The Bertz CT molecular complexity index is 907. The van der Waals surface area contributed by atoms with Gasteiger partial charge in [-0.2, -0.15) is 5.10 Å². The van der Waals surface area contributed by atoms with E-state index >= 15 is 0 Å². The topological polar surface area (TPSA) is 137 Å². The van der Waals surface area contributed by atoms with Gasteiger partial charge in [0.15, 0.2) is 5.69 Å². The highest BCUT2D eigenvalue weighted by atomic mass is 16.5. The molecule has 168 valence electrons. The molecular formula is C21H29N5O5. The van der Waals surface area contributed by atoms with Crippen LogP contribution in [0.1, 0.15) is 36.2 Å². The summed E-state index contributed by atoms with van der Waals surface area (Å²) >= 11 is 0. The molecule has 0 unspecified atom stereocenters. The Morgan fingerprint density at radius 1 is 1.35 bits per heavy atom. The minimum atomic E-state index is -0.250. The van der Waals surface area contributed by atoms with Gasteiger partial charge in [0.2, 0.25) is 0 Å². The summed E-state index contributed by atoms with van der Waals surface area (Å²) in [6, 6.07) is 6.00. The number of methoxy groups -OCH3 is 1. The first-order valence-electron chi connectivity index (χ1n) is 10.5. The molecule has 1 aromatic carbocycles. The molecule has 2 aromatic rings. The first-order chi connectivity index (χ1) is 15.0. The monoisotopic (exact) mass is 431 g/mol. The van der Waals surface area contributed by atoms with E-state index in [1.807, 2.05) is 18.2 Å². The first-order valence-corrected chi connectivity index (χ1v) is 10.5. The van der Waals surface area contributed by atoms with Crippen molar-refractivity contribution in [1.29, 1.82) is 0 Å². The van der Waals surface area contributed by atoms with Crippen molar-refractivity contribution in [1.82, 2.24) is 20.4 Å². The van der Waals surface area contributed by atoms with Crippen molar-refractivity contribution in [3.63, 3.8) is 0 Å². The van der Waals surface area contributed by atoms with Gasteiger partial charge >= 0.3 is 5.97 Å². The molecule has 0 spiro atoms. The fourth-order valence-electron chi connectivity index (χ4n) is 4.24. The Morgan fingerprint density at radius 2 is 2.10 bits per heavy atom. The Balaban J connectivity index is 0.000000858. The SMILES string of the molecule is COC(=O)CCCNc1ccc2c(C(=O)N[C@@H]3CN4CCC3CC4)n[nH]c2c1.O=CO. The highest BCUT2D eigenvalue weighted by Crippen LogP contribution is 2.28. The summed E-state index contributed by atoms with van der Waals surface area (Å²) in [5, 5.41) is 21.4. The van der Waals surface area contributed by atoms with E-state index in [0.29, 0.717) is 31.0 Å². The normalized spacial score (nSPS) is 21.6. The number of hydrogen-bond acceptors (Lipinski definition) is 7. The summed E-state index contributed by atoms with van der Waals surface area (Å²) in [7, 11) is 1.39. The van der Waals surface area contributed by atoms with Crippen LogP contribution in [-0.4, -0.2) is 77.9 Å². The molecule has 0 aliphatic carbocycles. The zero-order valence-corrected chi connectivity index (χ0v) is 17.6. The zero-order chi connectivity index (χ0) is 22.2.